The van der Waals surface area contributed by atoms with E-state index >= 15 is 0 Å². The van der Waals surface area contributed by atoms with Crippen molar-refractivity contribution < 1.29 is 4.79 Å². The highest BCUT2D eigenvalue weighted by molar-refractivity contribution is 7.13. The predicted octanol–water partition coefficient (Wildman–Crippen LogP) is 1.77. The summed E-state index contributed by atoms with van der Waals surface area (Å²) in [6, 6.07) is 7.28. The second-order valence-electron chi connectivity index (χ2n) is 6.28. The second kappa shape index (κ2) is 7.61. The van der Waals surface area contributed by atoms with Crippen LogP contribution in [0.5, 0.6) is 0 Å². The summed E-state index contributed by atoms with van der Waals surface area (Å²) in [6.07, 6.45) is 5.58. The SMILES string of the molecule is O=C(NCC1CCCN(c2nccs2)C1)c1cccc(-n2cnnn2)c1. The summed E-state index contributed by atoms with van der Waals surface area (Å²) in [7, 11) is 0. The lowest BCUT2D eigenvalue weighted by atomic mass is 9.98. The topological polar surface area (TPSA) is 88.8 Å². The molecule has 9 heteroatoms. The zero-order chi connectivity index (χ0) is 17.8. The van der Waals surface area contributed by atoms with Crippen molar-refractivity contribution >= 4 is 22.4 Å². The van der Waals surface area contributed by atoms with Crippen LogP contribution in [0.4, 0.5) is 5.13 Å². The first-order valence-corrected chi connectivity index (χ1v) is 9.43. The summed E-state index contributed by atoms with van der Waals surface area (Å²) in [4.78, 5) is 19.2. The lowest BCUT2D eigenvalue weighted by Gasteiger charge is -2.32. The van der Waals surface area contributed by atoms with Gasteiger partial charge in [-0.05, 0) is 47.4 Å². The van der Waals surface area contributed by atoms with Gasteiger partial charge in [0.15, 0.2) is 5.13 Å². The number of tetrazole rings is 1. The third kappa shape index (κ3) is 3.72. The molecule has 0 spiro atoms. The number of amides is 1. The van der Waals surface area contributed by atoms with Crippen LogP contribution in [-0.2, 0) is 0 Å². The number of hydrogen-bond donors (Lipinski definition) is 1. The number of nitrogens with one attached hydrogen (secondary N) is 1. The molecule has 2 aromatic heterocycles. The van der Waals surface area contributed by atoms with E-state index in [-0.39, 0.29) is 5.91 Å². The Kier molecular flexibility index (Phi) is 4.87. The standard InChI is InChI=1S/C17H19N7OS/c25-16(14-4-1-5-15(9-14)24-12-20-21-22-24)19-10-13-3-2-7-23(11-13)17-18-6-8-26-17/h1,4-6,8-9,12-13H,2-3,7,10-11H2,(H,19,25). The lowest BCUT2D eigenvalue weighted by molar-refractivity contribution is 0.0945. The first kappa shape index (κ1) is 16.6. The summed E-state index contributed by atoms with van der Waals surface area (Å²) >= 11 is 1.66. The van der Waals surface area contributed by atoms with Gasteiger partial charge in [0.05, 0.1) is 5.69 Å². The molecule has 1 atom stereocenters. The maximum Gasteiger partial charge on any atom is 0.251 e. The number of hydrogen-bond acceptors (Lipinski definition) is 7. The van der Waals surface area contributed by atoms with Gasteiger partial charge < -0.3 is 10.2 Å². The van der Waals surface area contributed by atoms with Gasteiger partial charge in [-0.1, -0.05) is 6.07 Å². The highest BCUT2D eigenvalue weighted by atomic mass is 32.1. The van der Waals surface area contributed by atoms with Crippen molar-refractivity contribution in [1.82, 2.24) is 30.5 Å². The molecule has 1 aromatic carbocycles. The molecule has 1 fully saturated rings. The molecule has 1 amide bonds. The van der Waals surface area contributed by atoms with Gasteiger partial charge in [-0.25, -0.2) is 9.67 Å². The molecular weight excluding hydrogens is 350 g/mol. The molecule has 3 aromatic rings. The van der Waals surface area contributed by atoms with Crippen molar-refractivity contribution in [3.63, 3.8) is 0 Å². The summed E-state index contributed by atoms with van der Waals surface area (Å²) in [6.45, 7) is 2.63. The Bertz CT molecular complexity index is 850. The molecule has 0 bridgehead atoms. The highest BCUT2D eigenvalue weighted by Crippen LogP contribution is 2.24. The molecule has 0 radical (unpaired) electrons. The Hall–Kier alpha value is -2.81. The maximum absolute atomic E-state index is 12.5. The minimum atomic E-state index is -0.0775. The van der Waals surface area contributed by atoms with E-state index in [1.807, 2.05) is 23.7 Å². The van der Waals surface area contributed by atoms with Crippen LogP contribution in [0.2, 0.25) is 0 Å². The third-order valence-corrected chi connectivity index (χ3v) is 5.31. The summed E-state index contributed by atoms with van der Waals surface area (Å²) < 4.78 is 1.53. The van der Waals surface area contributed by atoms with E-state index in [0.717, 1.165) is 36.8 Å². The van der Waals surface area contributed by atoms with Crippen LogP contribution < -0.4 is 10.2 Å². The molecule has 134 valence electrons. The quantitative estimate of drug-likeness (QED) is 0.737. The van der Waals surface area contributed by atoms with Gasteiger partial charge >= 0.3 is 0 Å². The lowest BCUT2D eigenvalue weighted by Crippen LogP contribution is -2.41. The number of carbonyl (C=O) groups is 1. The van der Waals surface area contributed by atoms with E-state index in [1.54, 1.807) is 23.5 Å². The van der Waals surface area contributed by atoms with Gasteiger partial charge in [-0.2, -0.15) is 0 Å². The van der Waals surface area contributed by atoms with E-state index in [0.29, 0.717) is 18.0 Å². The molecule has 8 nitrogen and oxygen atoms in total. The predicted molar refractivity (Wildman–Crippen MR) is 98.5 cm³/mol. The van der Waals surface area contributed by atoms with Gasteiger partial charge in [0.1, 0.15) is 6.33 Å². The summed E-state index contributed by atoms with van der Waals surface area (Å²) in [5, 5.41) is 17.2. The fraction of sp³-hybridized carbons (Fsp3) is 0.353. The third-order valence-electron chi connectivity index (χ3n) is 4.48. The number of nitrogens with zero attached hydrogens (tertiary/aromatic N) is 6. The van der Waals surface area contributed by atoms with Crippen molar-refractivity contribution in [2.75, 3.05) is 24.5 Å². The number of benzene rings is 1. The molecule has 1 aliphatic heterocycles. The number of thiazole rings is 1. The Morgan fingerprint density at radius 3 is 3.15 bits per heavy atom. The zero-order valence-corrected chi connectivity index (χ0v) is 15.0. The molecule has 1 unspecified atom stereocenters. The molecule has 1 N–H and O–H groups in total. The van der Waals surface area contributed by atoms with Crippen LogP contribution >= 0.6 is 11.3 Å². The average Bonchev–Trinajstić information content (AvgIpc) is 3.40. The molecule has 0 saturated carbocycles. The molecular formula is C17H19N7OS. The molecule has 4 rings (SSSR count). The van der Waals surface area contributed by atoms with Crippen molar-refractivity contribution in [2.24, 2.45) is 5.92 Å². The first-order chi connectivity index (χ1) is 12.8. The molecule has 1 aliphatic rings. The van der Waals surface area contributed by atoms with Crippen molar-refractivity contribution in [3.8, 4) is 5.69 Å². The van der Waals surface area contributed by atoms with E-state index in [9.17, 15) is 4.79 Å². The van der Waals surface area contributed by atoms with Gasteiger partial charge in [0.25, 0.3) is 5.91 Å². The molecule has 0 aliphatic carbocycles. The van der Waals surface area contributed by atoms with E-state index in [1.165, 1.54) is 11.0 Å². The smallest absolute Gasteiger partial charge is 0.251 e. The Balaban J connectivity index is 1.36. The van der Waals surface area contributed by atoms with Crippen molar-refractivity contribution in [3.05, 3.63) is 47.7 Å². The fourth-order valence-electron chi connectivity index (χ4n) is 3.19. The van der Waals surface area contributed by atoms with Crippen molar-refractivity contribution in [2.45, 2.75) is 12.8 Å². The molecule has 1 saturated heterocycles. The molecule has 3 heterocycles. The van der Waals surface area contributed by atoms with Crippen LogP contribution in [0.25, 0.3) is 5.69 Å². The van der Waals surface area contributed by atoms with E-state index < -0.39 is 0 Å². The van der Waals surface area contributed by atoms with Crippen LogP contribution in [-0.4, -0.2) is 50.7 Å². The van der Waals surface area contributed by atoms with Gasteiger partial charge in [-0.15, -0.1) is 16.4 Å². The largest absolute Gasteiger partial charge is 0.352 e. The van der Waals surface area contributed by atoms with E-state index in [4.69, 9.17) is 0 Å². The first-order valence-electron chi connectivity index (χ1n) is 8.55. The summed E-state index contributed by atoms with van der Waals surface area (Å²) in [5.41, 5.74) is 1.36. The van der Waals surface area contributed by atoms with E-state index in [2.05, 4.69) is 30.7 Å². The monoisotopic (exact) mass is 369 g/mol. The maximum atomic E-state index is 12.5. The number of piperidine rings is 1. The average molecular weight is 369 g/mol. The zero-order valence-electron chi connectivity index (χ0n) is 14.2. The Morgan fingerprint density at radius 1 is 1.38 bits per heavy atom. The minimum absolute atomic E-state index is 0.0775. The number of aromatic nitrogens is 5. The summed E-state index contributed by atoms with van der Waals surface area (Å²) in [5.74, 6) is 0.352. The van der Waals surface area contributed by atoms with Crippen LogP contribution in [0.3, 0.4) is 0 Å². The normalized spacial score (nSPS) is 17.2. The number of anilines is 1. The van der Waals surface area contributed by atoms with Crippen LogP contribution in [0.15, 0.2) is 42.2 Å². The Morgan fingerprint density at radius 2 is 2.35 bits per heavy atom. The fourth-order valence-corrected chi connectivity index (χ4v) is 3.87. The second-order valence-corrected chi connectivity index (χ2v) is 7.16. The van der Waals surface area contributed by atoms with Gasteiger partial charge in [0, 0.05) is 36.8 Å². The number of rotatable bonds is 5. The van der Waals surface area contributed by atoms with Gasteiger partial charge in [-0.3, -0.25) is 4.79 Å². The van der Waals surface area contributed by atoms with Crippen molar-refractivity contribution in [1.29, 1.82) is 0 Å². The highest BCUT2D eigenvalue weighted by Gasteiger charge is 2.22. The minimum Gasteiger partial charge on any atom is -0.352 e. The number of carbonyl (C=O) groups excluding carboxylic acids is 1. The van der Waals surface area contributed by atoms with Crippen LogP contribution in [0, 0.1) is 5.92 Å². The van der Waals surface area contributed by atoms with Crippen LogP contribution in [0.1, 0.15) is 23.2 Å². The molecule has 26 heavy (non-hydrogen) atoms. The Labute approximate surface area is 154 Å². The van der Waals surface area contributed by atoms with Gasteiger partial charge in [0.2, 0.25) is 0 Å².